The number of anilines is 1. The smallest absolute Gasteiger partial charge is 0.267 e. The van der Waals surface area contributed by atoms with E-state index >= 15 is 0 Å². The standard InChI is InChI=1S/C22H22F2N6O2/c23-16-7-12(8-17(24)9-16)19-2-4-27-30(19)21(32)13-5-14-10-29(11-15(14)6-13)22-26-3-1-18(28-22)20(25)31/h1,3-4,7-9,13-15,19H,2,5-6,10-11H2,(H2,25,31)/t14-,15-,19-/m1/s1. The molecule has 0 bridgehead atoms. The summed E-state index contributed by atoms with van der Waals surface area (Å²) in [5.74, 6) is -1.19. The molecule has 1 saturated carbocycles. The van der Waals surface area contributed by atoms with Gasteiger partial charge in [0, 0.05) is 43.9 Å². The van der Waals surface area contributed by atoms with E-state index in [4.69, 9.17) is 5.73 Å². The third kappa shape index (κ3) is 3.69. The molecule has 5 rings (SSSR count). The predicted molar refractivity (Wildman–Crippen MR) is 112 cm³/mol. The van der Waals surface area contributed by atoms with Gasteiger partial charge in [-0.1, -0.05) is 0 Å². The molecule has 1 saturated heterocycles. The third-order valence-electron chi connectivity index (χ3n) is 6.60. The molecule has 0 spiro atoms. The van der Waals surface area contributed by atoms with Crippen LogP contribution in [0.15, 0.2) is 35.6 Å². The van der Waals surface area contributed by atoms with E-state index < -0.39 is 23.6 Å². The van der Waals surface area contributed by atoms with E-state index in [2.05, 4.69) is 15.1 Å². The second kappa shape index (κ2) is 7.92. The molecule has 3 atom stereocenters. The molecule has 0 radical (unpaired) electrons. The average Bonchev–Trinajstić information content (AvgIpc) is 3.47. The quantitative estimate of drug-likeness (QED) is 0.785. The molecule has 3 aliphatic rings. The summed E-state index contributed by atoms with van der Waals surface area (Å²) in [6.07, 6.45) is 4.96. The minimum absolute atomic E-state index is 0.110. The van der Waals surface area contributed by atoms with Crippen LogP contribution in [0.3, 0.4) is 0 Å². The summed E-state index contributed by atoms with van der Waals surface area (Å²) in [7, 11) is 0. The van der Waals surface area contributed by atoms with Gasteiger partial charge in [0.05, 0.1) is 6.04 Å². The van der Waals surface area contributed by atoms with E-state index in [1.54, 1.807) is 6.21 Å². The molecule has 3 heterocycles. The number of aromatic nitrogens is 2. The van der Waals surface area contributed by atoms with Gasteiger partial charge in [0.15, 0.2) is 0 Å². The van der Waals surface area contributed by atoms with E-state index in [1.165, 1.54) is 29.4 Å². The molecule has 1 aliphatic carbocycles. The van der Waals surface area contributed by atoms with E-state index in [-0.39, 0.29) is 17.5 Å². The first kappa shape index (κ1) is 20.5. The van der Waals surface area contributed by atoms with Crippen LogP contribution in [-0.2, 0) is 4.79 Å². The number of hydrogen-bond donors (Lipinski definition) is 1. The van der Waals surface area contributed by atoms with Crippen LogP contribution < -0.4 is 10.6 Å². The van der Waals surface area contributed by atoms with Crippen molar-refractivity contribution in [2.45, 2.75) is 25.3 Å². The maximum absolute atomic E-state index is 13.7. The molecule has 0 unspecified atom stereocenters. The summed E-state index contributed by atoms with van der Waals surface area (Å²) in [4.78, 5) is 35.2. The number of nitrogens with two attached hydrogens (primary N) is 1. The summed E-state index contributed by atoms with van der Waals surface area (Å²) in [6.45, 7) is 1.39. The molecular formula is C22H22F2N6O2. The molecule has 1 aromatic heterocycles. The normalized spacial score (nSPS) is 24.9. The van der Waals surface area contributed by atoms with Gasteiger partial charge in [-0.05, 0) is 48.4 Å². The highest BCUT2D eigenvalue weighted by Gasteiger charge is 2.46. The van der Waals surface area contributed by atoms with Crippen molar-refractivity contribution >= 4 is 24.0 Å². The first-order chi connectivity index (χ1) is 15.4. The summed E-state index contributed by atoms with van der Waals surface area (Å²) >= 11 is 0. The lowest BCUT2D eigenvalue weighted by Crippen LogP contribution is -2.33. The van der Waals surface area contributed by atoms with E-state index in [0.29, 0.717) is 55.7 Å². The number of primary amides is 1. The first-order valence-electron chi connectivity index (χ1n) is 10.6. The number of hydrogen-bond acceptors (Lipinski definition) is 6. The highest BCUT2D eigenvalue weighted by Crippen LogP contribution is 2.44. The number of rotatable bonds is 4. The van der Waals surface area contributed by atoms with Crippen LogP contribution in [-0.4, -0.2) is 46.1 Å². The van der Waals surface area contributed by atoms with Crippen molar-refractivity contribution in [2.75, 3.05) is 18.0 Å². The summed E-state index contributed by atoms with van der Waals surface area (Å²) in [5, 5.41) is 5.61. The molecule has 2 aromatic rings. The fourth-order valence-corrected chi connectivity index (χ4v) is 5.16. The second-order valence-corrected chi connectivity index (χ2v) is 8.63. The molecule has 2 N–H and O–H groups in total. The SMILES string of the molecule is NC(=O)c1ccnc(N2C[C@H]3CC(C(=O)N4N=CC[C@@H]4c4cc(F)cc(F)c4)C[C@@H]3C2)n1. The Hall–Kier alpha value is -3.43. The Kier molecular flexibility index (Phi) is 5.07. The van der Waals surface area contributed by atoms with Crippen LogP contribution in [0.5, 0.6) is 0 Å². The van der Waals surface area contributed by atoms with Crippen LogP contribution in [0.4, 0.5) is 14.7 Å². The Labute approximate surface area is 183 Å². The van der Waals surface area contributed by atoms with Crippen LogP contribution in [0.1, 0.15) is 41.4 Å². The number of benzene rings is 1. The largest absolute Gasteiger partial charge is 0.364 e. The van der Waals surface area contributed by atoms with Crippen LogP contribution >= 0.6 is 0 Å². The molecule has 2 fully saturated rings. The van der Waals surface area contributed by atoms with Crippen molar-refractivity contribution in [3.8, 4) is 0 Å². The molecule has 32 heavy (non-hydrogen) atoms. The molecule has 8 nitrogen and oxygen atoms in total. The second-order valence-electron chi connectivity index (χ2n) is 8.63. The maximum atomic E-state index is 13.7. The maximum Gasteiger partial charge on any atom is 0.267 e. The Morgan fingerprint density at radius 1 is 1.06 bits per heavy atom. The van der Waals surface area contributed by atoms with Gasteiger partial charge in [-0.25, -0.2) is 23.8 Å². The Balaban J connectivity index is 1.26. The monoisotopic (exact) mass is 440 g/mol. The Morgan fingerprint density at radius 3 is 2.41 bits per heavy atom. The zero-order valence-electron chi connectivity index (χ0n) is 17.2. The van der Waals surface area contributed by atoms with Gasteiger partial charge in [0.1, 0.15) is 17.3 Å². The molecule has 166 valence electrons. The van der Waals surface area contributed by atoms with Gasteiger partial charge in [0.2, 0.25) is 11.9 Å². The van der Waals surface area contributed by atoms with Crippen molar-refractivity contribution in [3.05, 3.63) is 53.4 Å². The lowest BCUT2D eigenvalue weighted by atomic mass is 10.0. The average molecular weight is 440 g/mol. The fourth-order valence-electron chi connectivity index (χ4n) is 5.16. The number of nitrogens with zero attached hydrogens (tertiary/aromatic N) is 5. The van der Waals surface area contributed by atoms with Gasteiger partial charge in [-0.15, -0.1) is 0 Å². The zero-order valence-corrected chi connectivity index (χ0v) is 17.2. The van der Waals surface area contributed by atoms with Crippen molar-refractivity contribution in [1.29, 1.82) is 0 Å². The van der Waals surface area contributed by atoms with Crippen molar-refractivity contribution < 1.29 is 18.4 Å². The summed E-state index contributed by atoms with van der Waals surface area (Å²) in [5.41, 5.74) is 5.89. The Bertz CT molecular complexity index is 1080. The summed E-state index contributed by atoms with van der Waals surface area (Å²) < 4.78 is 27.4. The first-order valence-corrected chi connectivity index (χ1v) is 10.6. The van der Waals surface area contributed by atoms with Crippen LogP contribution in [0.2, 0.25) is 0 Å². The minimum atomic E-state index is -0.669. The van der Waals surface area contributed by atoms with Gasteiger partial charge in [-0.3, -0.25) is 9.59 Å². The number of halogens is 2. The lowest BCUT2D eigenvalue weighted by Gasteiger charge is -2.26. The zero-order chi connectivity index (χ0) is 22.4. The third-order valence-corrected chi connectivity index (χ3v) is 6.60. The van der Waals surface area contributed by atoms with E-state index in [0.717, 1.165) is 6.07 Å². The molecule has 1 aromatic carbocycles. The van der Waals surface area contributed by atoms with Crippen molar-refractivity contribution in [1.82, 2.24) is 15.0 Å². The molecular weight excluding hydrogens is 418 g/mol. The molecule has 10 heteroatoms. The predicted octanol–water partition coefficient (Wildman–Crippen LogP) is 2.28. The van der Waals surface area contributed by atoms with Gasteiger partial charge in [0.25, 0.3) is 5.91 Å². The van der Waals surface area contributed by atoms with E-state index in [1.807, 2.05) is 4.90 Å². The lowest BCUT2D eigenvalue weighted by molar-refractivity contribution is -0.137. The minimum Gasteiger partial charge on any atom is -0.364 e. The number of carbonyl (C=O) groups excluding carboxylic acids is 2. The number of carbonyl (C=O) groups is 2. The number of hydrazone groups is 1. The van der Waals surface area contributed by atoms with Gasteiger partial charge < -0.3 is 10.6 Å². The molecule has 2 amide bonds. The fraction of sp³-hybridized carbons (Fsp3) is 0.409. The Morgan fingerprint density at radius 2 is 1.75 bits per heavy atom. The highest BCUT2D eigenvalue weighted by atomic mass is 19.1. The topological polar surface area (TPSA) is 105 Å². The van der Waals surface area contributed by atoms with Gasteiger partial charge in [-0.2, -0.15) is 5.10 Å². The van der Waals surface area contributed by atoms with Crippen LogP contribution in [0.25, 0.3) is 0 Å². The summed E-state index contributed by atoms with van der Waals surface area (Å²) in [6, 6.07) is 4.32. The number of amides is 2. The van der Waals surface area contributed by atoms with Crippen LogP contribution in [0, 0.1) is 29.4 Å². The van der Waals surface area contributed by atoms with Crippen molar-refractivity contribution in [3.63, 3.8) is 0 Å². The number of fused-ring (bicyclic) bond motifs is 1. The molecule has 2 aliphatic heterocycles. The highest BCUT2D eigenvalue weighted by molar-refractivity contribution is 5.90. The van der Waals surface area contributed by atoms with Gasteiger partial charge >= 0.3 is 0 Å². The van der Waals surface area contributed by atoms with E-state index in [9.17, 15) is 18.4 Å². The van der Waals surface area contributed by atoms with Crippen molar-refractivity contribution in [2.24, 2.45) is 28.6 Å².